The fraction of sp³-hybridized carbons (Fsp3) is 0.250. The Bertz CT molecular complexity index is 262. The Labute approximate surface area is 73.0 Å². The van der Waals surface area contributed by atoms with Crippen LogP contribution < -0.4 is 5.30 Å². The molecule has 0 saturated carbocycles. The molecule has 12 heavy (non-hydrogen) atoms. The van der Waals surface area contributed by atoms with Crippen LogP contribution in [0.5, 0.6) is 0 Å². The van der Waals surface area contributed by atoms with Crippen molar-refractivity contribution in [2.45, 2.75) is 13.8 Å². The summed E-state index contributed by atoms with van der Waals surface area (Å²) in [4.78, 5) is 0. The predicted octanol–water partition coefficient (Wildman–Crippen LogP) is 1.94. The van der Waals surface area contributed by atoms with Gasteiger partial charge in [0.1, 0.15) is 0 Å². The molecule has 1 aromatic rings. The van der Waals surface area contributed by atoms with Gasteiger partial charge in [0.25, 0.3) is 0 Å². The standard InChI is InChI=1S/C8H11O3P/c1-6-3-4-7(2)8(5-6)12-11-10-9/h3-5,9,12H,1-2H3. The molecule has 0 fully saturated rings. The van der Waals surface area contributed by atoms with Crippen LogP contribution in [0, 0.1) is 13.8 Å². The fourth-order valence-corrected chi connectivity index (χ4v) is 1.57. The summed E-state index contributed by atoms with van der Waals surface area (Å²) in [5.41, 5.74) is 2.31. The number of benzene rings is 1. The van der Waals surface area contributed by atoms with Crippen molar-refractivity contribution in [3.63, 3.8) is 0 Å². The Morgan fingerprint density at radius 2 is 2.08 bits per heavy atom. The van der Waals surface area contributed by atoms with Gasteiger partial charge in [-0.2, -0.15) is 4.67 Å². The van der Waals surface area contributed by atoms with E-state index in [2.05, 4.69) is 9.71 Å². The molecule has 0 amide bonds. The smallest absolute Gasteiger partial charge is 0.0916 e. The highest BCUT2D eigenvalue weighted by Gasteiger charge is 1.99. The molecule has 0 aliphatic heterocycles. The van der Waals surface area contributed by atoms with Gasteiger partial charge in [-0.05, 0) is 25.5 Å². The van der Waals surface area contributed by atoms with E-state index in [4.69, 9.17) is 5.26 Å². The minimum atomic E-state index is 0.0275. The van der Waals surface area contributed by atoms with E-state index in [1.165, 1.54) is 5.56 Å². The van der Waals surface area contributed by atoms with Crippen molar-refractivity contribution in [2.75, 3.05) is 0 Å². The molecule has 1 rings (SSSR count). The van der Waals surface area contributed by atoms with Gasteiger partial charge in [-0.1, -0.05) is 22.7 Å². The van der Waals surface area contributed by atoms with Gasteiger partial charge >= 0.3 is 0 Å². The summed E-state index contributed by atoms with van der Waals surface area (Å²) in [6, 6.07) is 6.05. The van der Waals surface area contributed by atoms with Crippen LogP contribution in [0.3, 0.4) is 0 Å². The molecule has 1 aromatic carbocycles. The second kappa shape index (κ2) is 4.53. The molecule has 0 aromatic heterocycles. The summed E-state index contributed by atoms with van der Waals surface area (Å²) in [7, 11) is 0.0275. The summed E-state index contributed by atoms with van der Waals surface area (Å²) >= 11 is 0. The van der Waals surface area contributed by atoms with Crippen LogP contribution in [0.2, 0.25) is 0 Å². The van der Waals surface area contributed by atoms with E-state index in [1.54, 1.807) is 0 Å². The normalized spacial score (nSPS) is 11.2. The van der Waals surface area contributed by atoms with Gasteiger partial charge in [-0.25, -0.2) is 5.26 Å². The van der Waals surface area contributed by atoms with Crippen molar-refractivity contribution in [3.8, 4) is 0 Å². The van der Waals surface area contributed by atoms with Crippen molar-refractivity contribution < 1.29 is 15.0 Å². The molecule has 1 atom stereocenters. The lowest BCUT2D eigenvalue weighted by molar-refractivity contribution is -0.434. The first-order valence-electron chi connectivity index (χ1n) is 3.54. The third-order valence-corrected chi connectivity index (χ3v) is 2.50. The Balaban J connectivity index is 2.75. The maximum Gasteiger partial charge on any atom is 0.0916 e. The molecule has 0 bridgehead atoms. The maximum absolute atomic E-state index is 7.97. The zero-order valence-corrected chi connectivity index (χ0v) is 8.00. The second-order valence-corrected chi connectivity index (χ2v) is 3.49. The number of hydrogen-bond donors (Lipinski definition) is 1. The van der Waals surface area contributed by atoms with E-state index in [1.807, 2.05) is 32.0 Å². The van der Waals surface area contributed by atoms with Crippen LogP contribution in [-0.2, 0) is 9.71 Å². The van der Waals surface area contributed by atoms with E-state index in [0.717, 1.165) is 10.9 Å². The lowest BCUT2D eigenvalue weighted by Gasteiger charge is -2.03. The van der Waals surface area contributed by atoms with Crippen LogP contribution in [0.25, 0.3) is 0 Å². The summed E-state index contributed by atoms with van der Waals surface area (Å²) < 4.78 is 4.44. The molecule has 0 aliphatic carbocycles. The number of hydrogen-bond acceptors (Lipinski definition) is 3. The molecule has 66 valence electrons. The highest BCUT2D eigenvalue weighted by molar-refractivity contribution is 7.41. The summed E-state index contributed by atoms with van der Waals surface area (Å²) in [5.74, 6) is 0. The monoisotopic (exact) mass is 186 g/mol. The van der Waals surface area contributed by atoms with E-state index < -0.39 is 0 Å². The largest absolute Gasteiger partial charge is 0.221 e. The minimum absolute atomic E-state index is 0.0275. The number of rotatable bonds is 3. The summed E-state index contributed by atoms with van der Waals surface area (Å²) in [6.45, 7) is 4.00. The molecule has 0 radical (unpaired) electrons. The minimum Gasteiger partial charge on any atom is -0.221 e. The molecule has 1 N–H and O–H groups in total. The Kier molecular flexibility index (Phi) is 3.63. The van der Waals surface area contributed by atoms with Gasteiger partial charge in [0, 0.05) is 5.30 Å². The lowest BCUT2D eigenvalue weighted by atomic mass is 10.2. The van der Waals surface area contributed by atoms with Crippen LogP contribution >= 0.6 is 8.81 Å². The van der Waals surface area contributed by atoms with E-state index in [0.29, 0.717) is 0 Å². The maximum atomic E-state index is 7.97. The van der Waals surface area contributed by atoms with Gasteiger partial charge in [-0.3, -0.25) is 0 Å². The molecule has 3 nitrogen and oxygen atoms in total. The zero-order valence-electron chi connectivity index (χ0n) is 7.00. The Hall–Kier alpha value is -0.470. The molecule has 0 spiro atoms. The van der Waals surface area contributed by atoms with Gasteiger partial charge in [0.2, 0.25) is 0 Å². The molecular formula is C8H11O3P. The van der Waals surface area contributed by atoms with Gasteiger partial charge < -0.3 is 0 Å². The zero-order chi connectivity index (χ0) is 8.97. The van der Waals surface area contributed by atoms with Crippen molar-refractivity contribution in [1.82, 2.24) is 0 Å². The van der Waals surface area contributed by atoms with Crippen molar-refractivity contribution in [3.05, 3.63) is 29.3 Å². The molecule has 0 saturated heterocycles. The van der Waals surface area contributed by atoms with Crippen LogP contribution in [0.4, 0.5) is 0 Å². The molecule has 4 heteroatoms. The van der Waals surface area contributed by atoms with Gasteiger partial charge in [0.05, 0.1) is 8.81 Å². The molecule has 0 aliphatic rings. The third kappa shape index (κ3) is 2.54. The first-order chi connectivity index (χ1) is 5.74. The second-order valence-electron chi connectivity index (χ2n) is 2.58. The summed E-state index contributed by atoms with van der Waals surface area (Å²) in [5, 5.41) is 12.6. The first-order valence-corrected chi connectivity index (χ1v) is 4.45. The van der Waals surface area contributed by atoms with Crippen molar-refractivity contribution >= 4 is 14.1 Å². The topological polar surface area (TPSA) is 38.7 Å². The molecular weight excluding hydrogens is 175 g/mol. The van der Waals surface area contributed by atoms with Crippen LogP contribution in [0.1, 0.15) is 11.1 Å². The highest BCUT2D eigenvalue weighted by Crippen LogP contribution is 2.15. The van der Waals surface area contributed by atoms with E-state index in [9.17, 15) is 0 Å². The average Bonchev–Trinajstić information content (AvgIpc) is 2.07. The Morgan fingerprint density at radius 1 is 1.33 bits per heavy atom. The van der Waals surface area contributed by atoms with Crippen LogP contribution in [-0.4, -0.2) is 5.26 Å². The SMILES string of the molecule is Cc1ccc(C)c(POOO)c1. The third-order valence-electron chi connectivity index (χ3n) is 1.58. The van der Waals surface area contributed by atoms with Gasteiger partial charge in [-0.15, -0.1) is 0 Å². The number of aryl methyl sites for hydroxylation is 2. The van der Waals surface area contributed by atoms with E-state index in [-0.39, 0.29) is 8.81 Å². The predicted molar refractivity (Wildman–Crippen MR) is 48.7 cm³/mol. The first kappa shape index (κ1) is 9.62. The lowest BCUT2D eigenvalue weighted by Crippen LogP contribution is -2.01. The van der Waals surface area contributed by atoms with Crippen LogP contribution in [0.15, 0.2) is 18.2 Å². The van der Waals surface area contributed by atoms with E-state index >= 15 is 0 Å². The average molecular weight is 186 g/mol. The quantitative estimate of drug-likeness (QED) is 0.445. The molecule has 0 heterocycles. The molecule has 1 unspecified atom stereocenters. The Morgan fingerprint density at radius 3 is 2.75 bits per heavy atom. The van der Waals surface area contributed by atoms with Crippen molar-refractivity contribution in [1.29, 1.82) is 0 Å². The van der Waals surface area contributed by atoms with Crippen molar-refractivity contribution in [2.24, 2.45) is 0 Å². The summed E-state index contributed by atoms with van der Waals surface area (Å²) in [6.07, 6.45) is 0. The highest BCUT2D eigenvalue weighted by atomic mass is 31.1. The van der Waals surface area contributed by atoms with Gasteiger partial charge in [0.15, 0.2) is 0 Å². The fourth-order valence-electron chi connectivity index (χ4n) is 0.909.